The standard InChI is InChI=1S/C21H33NO2/c1-14-8-7-9-15(2)19(14)24-16(3)20(23)22-18-12-10-17(11-13-18)21(4,5)6/h7-9,16-18H,10-13H2,1-6H3,(H,22,23). The van der Waals surface area contributed by atoms with Gasteiger partial charge in [-0.3, -0.25) is 4.79 Å². The van der Waals surface area contributed by atoms with Crippen LogP contribution in [0.3, 0.4) is 0 Å². The SMILES string of the molecule is Cc1cccc(C)c1OC(C)C(=O)NC1CCC(C(C)(C)C)CC1. The van der Waals surface area contributed by atoms with Gasteiger partial charge in [0.05, 0.1) is 0 Å². The van der Waals surface area contributed by atoms with E-state index in [2.05, 4.69) is 26.1 Å². The average Bonchev–Trinajstić information content (AvgIpc) is 2.50. The molecule has 1 N–H and O–H groups in total. The number of amides is 1. The van der Waals surface area contributed by atoms with Crippen molar-refractivity contribution in [1.82, 2.24) is 5.32 Å². The summed E-state index contributed by atoms with van der Waals surface area (Å²) in [5.74, 6) is 1.59. The number of hydrogen-bond donors (Lipinski definition) is 1. The lowest BCUT2D eigenvalue weighted by Crippen LogP contribution is -2.44. The zero-order chi connectivity index (χ0) is 17.9. The molecule has 0 heterocycles. The first kappa shape index (κ1) is 18.8. The summed E-state index contributed by atoms with van der Waals surface area (Å²) < 4.78 is 5.94. The third-order valence-corrected chi connectivity index (χ3v) is 5.37. The molecule has 1 fully saturated rings. The molecule has 1 aliphatic rings. The van der Waals surface area contributed by atoms with E-state index in [1.54, 1.807) is 0 Å². The molecule has 0 spiro atoms. The fraction of sp³-hybridized carbons (Fsp3) is 0.667. The number of aryl methyl sites for hydroxylation is 2. The van der Waals surface area contributed by atoms with E-state index in [-0.39, 0.29) is 5.91 Å². The van der Waals surface area contributed by atoms with Crippen molar-refractivity contribution in [1.29, 1.82) is 0 Å². The summed E-state index contributed by atoms with van der Waals surface area (Å²) in [4.78, 5) is 12.5. The molecule has 0 bridgehead atoms. The van der Waals surface area contributed by atoms with E-state index in [1.165, 1.54) is 12.8 Å². The number of ether oxygens (including phenoxy) is 1. The van der Waals surface area contributed by atoms with E-state index in [4.69, 9.17) is 4.74 Å². The normalized spacial score (nSPS) is 22.8. The molecule has 0 saturated heterocycles. The van der Waals surface area contributed by atoms with Crippen LogP contribution in [0, 0.1) is 25.2 Å². The van der Waals surface area contributed by atoms with Gasteiger partial charge in [-0.25, -0.2) is 0 Å². The fourth-order valence-corrected chi connectivity index (χ4v) is 3.64. The summed E-state index contributed by atoms with van der Waals surface area (Å²) in [6.45, 7) is 12.8. The fourth-order valence-electron chi connectivity index (χ4n) is 3.64. The lowest BCUT2D eigenvalue weighted by atomic mass is 9.71. The molecule has 1 aliphatic carbocycles. The van der Waals surface area contributed by atoms with Gasteiger partial charge < -0.3 is 10.1 Å². The van der Waals surface area contributed by atoms with E-state index in [0.29, 0.717) is 11.5 Å². The zero-order valence-corrected chi connectivity index (χ0v) is 16.1. The minimum Gasteiger partial charge on any atom is -0.480 e. The van der Waals surface area contributed by atoms with Crippen molar-refractivity contribution in [2.75, 3.05) is 0 Å². The van der Waals surface area contributed by atoms with E-state index >= 15 is 0 Å². The van der Waals surface area contributed by atoms with E-state index in [0.717, 1.165) is 35.6 Å². The summed E-state index contributed by atoms with van der Waals surface area (Å²) in [5.41, 5.74) is 2.51. The lowest BCUT2D eigenvalue weighted by Gasteiger charge is -2.37. The molecule has 3 heteroatoms. The molecular weight excluding hydrogens is 298 g/mol. The number of para-hydroxylation sites is 1. The molecule has 1 aromatic carbocycles. The van der Waals surface area contributed by atoms with Gasteiger partial charge in [0.25, 0.3) is 5.91 Å². The molecule has 1 amide bonds. The van der Waals surface area contributed by atoms with Gasteiger partial charge in [-0.1, -0.05) is 39.0 Å². The maximum atomic E-state index is 12.5. The van der Waals surface area contributed by atoms with Gasteiger partial charge >= 0.3 is 0 Å². The van der Waals surface area contributed by atoms with Crippen LogP contribution in [0.1, 0.15) is 64.5 Å². The first-order valence-electron chi connectivity index (χ1n) is 9.21. The Morgan fingerprint density at radius 3 is 2.17 bits per heavy atom. The Morgan fingerprint density at radius 1 is 1.12 bits per heavy atom. The number of benzene rings is 1. The topological polar surface area (TPSA) is 38.3 Å². The van der Waals surface area contributed by atoms with Crippen molar-refractivity contribution in [3.63, 3.8) is 0 Å². The molecule has 1 unspecified atom stereocenters. The van der Waals surface area contributed by atoms with Crippen LogP contribution in [0.2, 0.25) is 0 Å². The Kier molecular flexibility index (Phi) is 5.95. The number of rotatable bonds is 4. The maximum absolute atomic E-state index is 12.5. The molecule has 2 rings (SSSR count). The van der Waals surface area contributed by atoms with E-state index < -0.39 is 6.10 Å². The number of nitrogens with one attached hydrogen (secondary N) is 1. The highest BCUT2D eigenvalue weighted by atomic mass is 16.5. The molecule has 3 nitrogen and oxygen atoms in total. The summed E-state index contributed by atoms with van der Waals surface area (Å²) in [7, 11) is 0. The number of carbonyl (C=O) groups is 1. The highest BCUT2D eigenvalue weighted by Crippen LogP contribution is 2.37. The van der Waals surface area contributed by atoms with Crippen LogP contribution in [0.25, 0.3) is 0 Å². The van der Waals surface area contributed by atoms with Crippen LogP contribution in [0.5, 0.6) is 5.75 Å². The Bertz CT molecular complexity index is 545. The molecule has 0 aliphatic heterocycles. The van der Waals surface area contributed by atoms with Gasteiger partial charge in [0.2, 0.25) is 0 Å². The smallest absolute Gasteiger partial charge is 0.260 e. The molecular formula is C21H33NO2. The summed E-state index contributed by atoms with van der Waals surface area (Å²) in [6.07, 6.45) is 4.07. The number of carbonyl (C=O) groups excluding carboxylic acids is 1. The van der Waals surface area contributed by atoms with Crippen molar-refractivity contribution < 1.29 is 9.53 Å². The predicted molar refractivity (Wildman–Crippen MR) is 99.3 cm³/mol. The van der Waals surface area contributed by atoms with Crippen LogP contribution < -0.4 is 10.1 Å². The van der Waals surface area contributed by atoms with Gasteiger partial charge in [-0.05, 0) is 68.9 Å². The highest BCUT2D eigenvalue weighted by Gasteiger charge is 2.31. The van der Waals surface area contributed by atoms with E-state index in [1.807, 2.05) is 39.0 Å². The third-order valence-electron chi connectivity index (χ3n) is 5.37. The van der Waals surface area contributed by atoms with Crippen molar-refractivity contribution in [3.8, 4) is 5.75 Å². The second-order valence-electron chi connectivity index (χ2n) is 8.40. The zero-order valence-electron chi connectivity index (χ0n) is 16.1. The first-order chi connectivity index (χ1) is 11.2. The second-order valence-corrected chi connectivity index (χ2v) is 8.40. The highest BCUT2D eigenvalue weighted by molar-refractivity contribution is 5.81. The van der Waals surface area contributed by atoms with Crippen LogP contribution in [0.4, 0.5) is 0 Å². The average molecular weight is 332 g/mol. The van der Waals surface area contributed by atoms with Gasteiger partial charge in [0.15, 0.2) is 6.10 Å². The predicted octanol–water partition coefficient (Wildman–Crippen LogP) is 4.79. The minimum absolute atomic E-state index is 0.00291. The van der Waals surface area contributed by atoms with Crippen LogP contribution >= 0.6 is 0 Å². The minimum atomic E-state index is -0.467. The van der Waals surface area contributed by atoms with Crippen molar-refractivity contribution in [2.45, 2.75) is 79.4 Å². The van der Waals surface area contributed by atoms with Gasteiger partial charge in [-0.15, -0.1) is 0 Å². The Morgan fingerprint density at radius 2 is 1.67 bits per heavy atom. The van der Waals surface area contributed by atoms with Gasteiger partial charge in [0.1, 0.15) is 5.75 Å². The van der Waals surface area contributed by atoms with Gasteiger partial charge in [0, 0.05) is 6.04 Å². The summed E-state index contributed by atoms with van der Waals surface area (Å²) in [6, 6.07) is 6.33. The molecule has 0 aromatic heterocycles. The van der Waals surface area contributed by atoms with Crippen LogP contribution in [-0.2, 0) is 4.79 Å². The monoisotopic (exact) mass is 331 g/mol. The maximum Gasteiger partial charge on any atom is 0.260 e. The van der Waals surface area contributed by atoms with Crippen molar-refractivity contribution in [3.05, 3.63) is 29.3 Å². The Hall–Kier alpha value is -1.51. The molecule has 134 valence electrons. The summed E-state index contributed by atoms with van der Waals surface area (Å²) >= 11 is 0. The van der Waals surface area contributed by atoms with Crippen LogP contribution in [-0.4, -0.2) is 18.1 Å². The third kappa shape index (κ3) is 4.75. The molecule has 1 aromatic rings. The molecule has 0 radical (unpaired) electrons. The van der Waals surface area contributed by atoms with Gasteiger partial charge in [-0.2, -0.15) is 0 Å². The molecule has 1 saturated carbocycles. The molecule has 24 heavy (non-hydrogen) atoms. The van der Waals surface area contributed by atoms with Crippen LogP contribution in [0.15, 0.2) is 18.2 Å². The lowest BCUT2D eigenvalue weighted by molar-refractivity contribution is -0.128. The molecule has 1 atom stereocenters. The van der Waals surface area contributed by atoms with Crippen molar-refractivity contribution in [2.24, 2.45) is 11.3 Å². The first-order valence-corrected chi connectivity index (χ1v) is 9.21. The van der Waals surface area contributed by atoms with E-state index in [9.17, 15) is 4.79 Å². The summed E-state index contributed by atoms with van der Waals surface area (Å²) in [5, 5.41) is 3.19. The Balaban J connectivity index is 1.87. The Labute approximate surface area is 147 Å². The van der Waals surface area contributed by atoms with Crippen molar-refractivity contribution >= 4 is 5.91 Å². The largest absolute Gasteiger partial charge is 0.480 e. The second kappa shape index (κ2) is 7.58. The quantitative estimate of drug-likeness (QED) is 0.861. The number of hydrogen-bond acceptors (Lipinski definition) is 2.